The maximum absolute atomic E-state index is 2.73. The fourth-order valence-electron chi connectivity index (χ4n) is 12.3. The average Bonchev–Trinajstić information content (AvgIpc) is 3.86. The minimum atomic E-state index is -0.378. The summed E-state index contributed by atoms with van der Waals surface area (Å²) in [6.07, 6.45) is 7.30. The van der Waals surface area contributed by atoms with Crippen molar-refractivity contribution in [3.63, 3.8) is 0 Å². The van der Waals surface area contributed by atoms with E-state index in [9.17, 15) is 0 Å². The molecule has 0 saturated heterocycles. The van der Waals surface area contributed by atoms with E-state index in [2.05, 4.69) is 210 Å². The highest BCUT2D eigenvalue weighted by Crippen LogP contribution is 2.67. The van der Waals surface area contributed by atoms with Gasteiger partial charge < -0.3 is 4.90 Å². The molecule has 2 atom stereocenters. The highest BCUT2D eigenvalue weighted by Gasteiger charge is 2.59. The lowest BCUT2D eigenvalue weighted by molar-refractivity contribution is 0.444. The molecule has 58 heavy (non-hydrogen) atoms. The molecule has 0 aliphatic heterocycles. The van der Waals surface area contributed by atoms with E-state index in [1.807, 2.05) is 0 Å². The Balaban J connectivity index is 1.14. The van der Waals surface area contributed by atoms with Crippen LogP contribution in [0, 0.1) is 19.8 Å². The fraction of sp³-hybridized carbons (Fsp3) is 0.193. The van der Waals surface area contributed by atoms with Crippen LogP contribution in [0.4, 0.5) is 11.4 Å². The summed E-state index contributed by atoms with van der Waals surface area (Å²) >= 11 is 0. The molecule has 1 nitrogen and oxygen atoms in total. The molecule has 7 aromatic rings. The molecule has 1 spiro atoms. The Kier molecular flexibility index (Phi) is 6.71. The van der Waals surface area contributed by atoms with Crippen LogP contribution in [0.1, 0.15) is 83.3 Å². The first-order chi connectivity index (χ1) is 28.1. The molecule has 7 aromatic carbocycles. The van der Waals surface area contributed by atoms with Crippen LogP contribution in [0.15, 0.2) is 164 Å². The Labute approximate surface area is 343 Å². The molecule has 12 rings (SSSR count). The maximum atomic E-state index is 2.73. The van der Waals surface area contributed by atoms with E-state index in [-0.39, 0.29) is 28.2 Å². The predicted octanol–water partition coefficient (Wildman–Crippen LogP) is 14.0. The number of allylic oxidation sites excluding steroid dienone is 2. The van der Waals surface area contributed by atoms with Crippen LogP contribution >= 0.6 is 0 Å². The Bertz CT molecular complexity index is 2840. The van der Waals surface area contributed by atoms with E-state index in [1.165, 1.54) is 106 Å². The van der Waals surface area contributed by atoms with Crippen molar-refractivity contribution in [2.24, 2.45) is 5.92 Å². The average molecular weight is 746 g/mol. The van der Waals surface area contributed by atoms with Crippen LogP contribution in [0.25, 0.3) is 39.0 Å². The molecular weight excluding hydrogens is 699 g/mol. The number of rotatable bonds is 3. The van der Waals surface area contributed by atoms with Gasteiger partial charge in [0.25, 0.3) is 0 Å². The lowest BCUT2D eigenvalue weighted by atomic mass is 9.63. The summed E-state index contributed by atoms with van der Waals surface area (Å²) in [6, 6.07) is 56.5. The molecule has 2 unspecified atom stereocenters. The van der Waals surface area contributed by atoms with E-state index in [1.54, 1.807) is 0 Å². The zero-order chi connectivity index (χ0) is 39.3. The summed E-state index contributed by atoms with van der Waals surface area (Å²) in [5.41, 5.74) is 25.3. The topological polar surface area (TPSA) is 3.24 Å². The summed E-state index contributed by atoms with van der Waals surface area (Å²) < 4.78 is 0. The minimum absolute atomic E-state index is 0.00195. The molecule has 5 aliphatic carbocycles. The third-order valence-corrected chi connectivity index (χ3v) is 14.9. The SMILES string of the molecule is Cc1ccc2c(c1)C1(c3ccccc3C3=CC=CC(N(c4ccc5c(c4)C(C)(C)c4ccccc4-5)c4ccc5c(c4)C(C)(C)c4ccccc4-5)C31)c1cc(C)ccc1-2. The van der Waals surface area contributed by atoms with Crippen LogP contribution < -0.4 is 4.90 Å². The quantitative estimate of drug-likeness (QED) is 0.174. The van der Waals surface area contributed by atoms with Gasteiger partial charge in [0.05, 0.1) is 11.5 Å². The largest absolute Gasteiger partial charge is 0.334 e. The van der Waals surface area contributed by atoms with Crippen LogP contribution in [-0.4, -0.2) is 6.04 Å². The monoisotopic (exact) mass is 745 g/mol. The van der Waals surface area contributed by atoms with Gasteiger partial charge in [0.1, 0.15) is 0 Å². The van der Waals surface area contributed by atoms with Crippen LogP contribution in [0.5, 0.6) is 0 Å². The third-order valence-electron chi connectivity index (χ3n) is 14.9. The van der Waals surface area contributed by atoms with Crippen molar-refractivity contribution >= 4 is 16.9 Å². The molecule has 0 N–H and O–H groups in total. The zero-order valence-corrected chi connectivity index (χ0v) is 34.2. The van der Waals surface area contributed by atoms with Gasteiger partial charge in [0.15, 0.2) is 0 Å². The van der Waals surface area contributed by atoms with Crippen LogP contribution in [0.3, 0.4) is 0 Å². The van der Waals surface area contributed by atoms with Crippen LogP contribution in [0.2, 0.25) is 0 Å². The van der Waals surface area contributed by atoms with E-state index < -0.39 is 0 Å². The van der Waals surface area contributed by atoms with Gasteiger partial charge in [0.2, 0.25) is 0 Å². The summed E-state index contributed by atoms with van der Waals surface area (Å²) in [4.78, 5) is 2.73. The van der Waals surface area contributed by atoms with E-state index in [4.69, 9.17) is 0 Å². The van der Waals surface area contributed by atoms with E-state index >= 15 is 0 Å². The molecule has 0 fully saturated rings. The normalized spacial score (nSPS) is 19.7. The lowest BCUT2D eigenvalue weighted by Crippen LogP contribution is -2.46. The molecular formula is C57H47N. The highest BCUT2D eigenvalue weighted by atomic mass is 15.2. The van der Waals surface area contributed by atoms with Crippen molar-refractivity contribution < 1.29 is 0 Å². The Hall–Kier alpha value is -6.18. The second kappa shape index (κ2) is 11.5. The smallest absolute Gasteiger partial charge is 0.0609 e. The van der Waals surface area contributed by atoms with Gasteiger partial charge in [-0.15, -0.1) is 0 Å². The van der Waals surface area contributed by atoms with Crippen molar-refractivity contribution in [1.29, 1.82) is 0 Å². The molecule has 0 amide bonds. The number of aryl methyl sites for hydroxylation is 2. The first kappa shape index (κ1) is 33.9. The number of anilines is 2. The van der Waals surface area contributed by atoms with Gasteiger partial charge in [-0.25, -0.2) is 0 Å². The Morgan fingerprint density at radius 1 is 0.414 bits per heavy atom. The van der Waals surface area contributed by atoms with Crippen LogP contribution in [-0.2, 0) is 16.2 Å². The molecule has 0 saturated carbocycles. The number of benzene rings is 7. The number of hydrogen-bond donors (Lipinski definition) is 0. The first-order valence-electron chi connectivity index (χ1n) is 21.1. The number of fused-ring (bicyclic) bond motifs is 16. The van der Waals surface area contributed by atoms with E-state index in [0.29, 0.717) is 0 Å². The minimum Gasteiger partial charge on any atom is -0.334 e. The highest BCUT2D eigenvalue weighted by molar-refractivity contribution is 5.95. The summed E-state index contributed by atoms with van der Waals surface area (Å²) in [7, 11) is 0. The lowest BCUT2D eigenvalue weighted by Gasteiger charge is -2.45. The van der Waals surface area contributed by atoms with Crippen molar-refractivity contribution in [2.75, 3.05) is 4.90 Å². The molecule has 280 valence electrons. The summed E-state index contributed by atoms with van der Waals surface area (Å²) in [5.74, 6) is 0.107. The van der Waals surface area contributed by atoms with Gasteiger partial charge in [-0.1, -0.05) is 178 Å². The van der Waals surface area contributed by atoms with Gasteiger partial charge in [0, 0.05) is 28.1 Å². The maximum Gasteiger partial charge on any atom is 0.0609 e. The number of nitrogens with zero attached hydrogens (tertiary/aromatic N) is 1. The molecule has 0 bridgehead atoms. The fourth-order valence-corrected chi connectivity index (χ4v) is 12.3. The van der Waals surface area contributed by atoms with Crippen molar-refractivity contribution in [3.05, 3.63) is 219 Å². The molecule has 0 aromatic heterocycles. The van der Waals surface area contributed by atoms with Gasteiger partial charge in [-0.2, -0.15) is 0 Å². The number of hydrogen-bond acceptors (Lipinski definition) is 1. The summed E-state index contributed by atoms with van der Waals surface area (Å²) in [6.45, 7) is 14.1. The van der Waals surface area contributed by atoms with Gasteiger partial charge in [-0.05, 0) is 122 Å². The van der Waals surface area contributed by atoms with Crippen molar-refractivity contribution in [3.8, 4) is 33.4 Å². The molecule has 5 aliphatic rings. The second-order valence-electron chi connectivity index (χ2n) is 18.6. The van der Waals surface area contributed by atoms with Gasteiger partial charge in [-0.3, -0.25) is 0 Å². The van der Waals surface area contributed by atoms with Crippen molar-refractivity contribution in [2.45, 2.75) is 63.8 Å². The van der Waals surface area contributed by atoms with E-state index in [0.717, 1.165) is 0 Å². The Morgan fingerprint density at radius 2 is 0.845 bits per heavy atom. The van der Waals surface area contributed by atoms with Crippen molar-refractivity contribution in [1.82, 2.24) is 0 Å². The Morgan fingerprint density at radius 3 is 1.38 bits per heavy atom. The standard InChI is InChI=1S/C57H47N/c1-34-22-26-43-44-27-23-35(2)31-52(44)57(51(43)30-34)48-20-12-9-16-40(48)45-17-13-21-53(54(45)57)58(36-24-28-41-38-14-7-10-18-46(38)55(3,4)49(41)32-36)37-25-29-42-39-15-8-11-19-47(39)56(5,6)50(42)33-37/h7-33,53-54H,1-6H3. The van der Waals surface area contributed by atoms with Gasteiger partial charge >= 0.3 is 0 Å². The summed E-state index contributed by atoms with van der Waals surface area (Å²) in [5, 5.41) is 0. The molecule has 0 radical (unpaired) electrons. The zero-order valence-electron chi connectivity index (χ0n) is 34.2. The predicted molar refractivity (Wildman–Crippen MR) is 242 cm³/mol. The molecule has 1 heteroatoms. The second-order valence-corrected chi connectivity index (χ2v) is 18.6. The molecule has 0 heterocycles. The third kappa shape index (κ3) is 4.17. The first-order valence-corrected chi connectivity index (χ1v) is 21.1.